The Morgan fingerprint density at radius 2 is 0.854 bits per heavy atom. The molecule has 0 unspecified atom stereocenters. The lowest BCUT2D eigenvalue weighted by Gasteiger charge is -2.28. The Labute approximate surface area is 288 Å². The molecule has 0 saturated heterocycles. The van der Waals surface area contributed by atoms with Crippen molar-refractivity contribution in [2.45, 2.75) is 137 Å². The first-order chi connectivity index (χ1) is 21.8. The van der Waals surface area contributed by atoms with Crippen LogP contribution in [0.5, 0.6) is 11.5 Å². The van der Waals surface area contributed by atoms with Gasteiger partial charge in [0.25, 0.3) is 6.47 Å². The lowest BCUT2D eigenvalue weighted by Crippen LogP contribution is -2.36. The van der Waals surface area contributed by atoms with E-state index >= 15 is 0 Å². The topological polar surface area (TPSA) is 119 Å². The lowest BCUT2D eigenvalue weighted by molar-refractivity contribution is -0.157. The maximum absolute atomic E-state index is 12.9. The van der Waals surface area contributed by atoms with E-state index in [1.807, 2.05) is 107 Å². The molecule has 0 aliphatic carbocycles. The minimum Gasteiger partial charge on any atom is -0.507 e. The molecule has 2 aromatic rings. The molecule has 0 amide bonds. The number of benzene rings is 2. The van der Waals surface area contributed by atoms with Crippen molar-refractivity contribution in [1.29, 1.82) is 0 Å². The van der Waals surface area contributed by atoms with Crippen molar-refractivity contribution >= 4 is 18.4 Å². The second-order valence-electron chi connectivity index (χ2n) is 17.6. The first-order valence-corrected chi connectivity index (χ1v) is 16.9. The van der Waals surface area contributed by atoms with Gasteiger partial charge >= 0.3 is 11.9 Å². The van der Waals surface area contributed by atoms with Gasteiger partial charge in [0.1, 0.15) is 31.3 Å². The molecule has 0 heterocycles. The van der Waals surface area contributed by atoms with Crippen LogP contribution in [-0.2, 0) is 63.1 Å². The molecule has 2 rings (SSSR count). The quantitative estimate of drug-likeness (QED) is 0.125. The summed E-state index contributed by atoms with van der Waals surface area (Å²) in [6, 6.07) is 7.80. The van der Waals surface area contributed by atoms with E-state index in [2.05, 4.69) is 0 Å². The largest absolute Gasteiger partial charge is 0.507 e. The number of esters is 2. The number of phenols is 2. The third-order valence-electron chi connectivity index (χ3n) is 8.47. The number of aromatic hydroxyl groups is 2. The lowest BCUT2D eigenvalue weighted by atomic mass is 9.78. The van der Waals surface area contributed by atoms with Crippen molar-refractivity contribution < 1.29 is 38.8 Å². The molecule has 0 bridgehead atoms. The zero-order valence-corrected chi connectivity index (χ0v) is 31.7. The molecule has 0 aliphatic rings. The van der Waals surface area contributed by atoms with Crippen LogP contribution in [-0.4, -0.2) is 48.4 Å². The smallest absolute Gasteiger partial charge is 0.306 e. The summed E-state index contributed by atoms with van der Waals surface area (Å²) in [4.78, 5) is 36.8. The van der Waals surface area contributed by atoms with Crippen LogP contribution in [0.2, 0.25) is 0 Å². The Morgan fingerprint density at radius 3 is 1.10 bits per heavy atom. The molecule has 48 heavy (non-hydrogen) atoms. The molecule has 2 N–H and O–H groups in total. The molecular formula is C40H60O8. The fourth-order valence-electron chi connectivity index (χ4n) is 5.47. The number of rotatable bonds is 13. The molecular weight excluding hydrogens is 608 g/mol. The fourth-order valence-corrected chi connectivity index (χ4v) is 5.47. The van der Waals surface area contributed by atoms with Crippen LogP contribution in [0, 0.1) is 5.41 Å². The number of hydrogen-bond acceptors (Lipinski definition) is 8. The van der Waals surface area contributed by atoms with Crippen molar-refractivity contribution in [3.05, 3.63) is 57.6 Å². The van der Waals surface area contributed by atoms with Crippen molar-refractivity contribution in [2.24, 2.45) is 5.41 Å². The molecule has 8 nitrogen and oxygen atoms in total. The van der Waals surface area contributed by atoms with Crippen LogP contribution in [0.25, 0.3) is 0 Å². The zero-order valence-electron chi connectivity index (χ0n) is 31.7. The summed E-state index contributed by atoms with van der Waals surface area (Å²) >= 11 is 0. The van der Waals surface area contributed by atoms with E-state index in [0.29, 0.717) is 19.3 Å². The van der Waals surface area contributed by atoms with Crippen LogP contribution in [0.15, 0.2) is 24.3 Å². The second-order valence-corrected chi connectivity index (χ2v) is 17.6. The van der Waals surface area contributed by atoms with Gasteiger partial charge in [0.2, 0.25) is 0 Å². The monoisotopic (exact) mass is 668 g/mol. The van der Waals surface area contributed by atoms with Gasteiger partial charge in [-0.25, -0.2) is 0 Å². The molecule has 0 radical (unpaired) electrons. The first-order valence-electron chi connectivity index (χ1n) is 16.9. The predicted molar refractivity (Wildman–Crippen MR) is 190 cm³/mol. The molecule has 0 aromatic heterocycles. The first kappa shape index (κ1) is 40.6. The van der Waals surface area contributed by atoms with Crippen LogP contribution in [0.4, 0.5) is 0 Å². The number of hydrogen-bond donors (Lipinski definition) is 2. The van der Waals surface area contributed by atoms with Gasteiger partial charge < -0.3 is 24.4 Å². The van der Waals surface area contributed by atoms with Gasteiger partial charge in [-0.15, -0.1) is 0 Å². The van der Waals surface area contributed by atoms with E-state index in [1.54, 1.807) is 6.92 Å². The summed E-state index contributed by atoms with van der Waals surface area (Å²) in [6.07, 6.45) is 1.07. The average Bonchev–Trinajstić information content (AvgIpc) is 2.94. The number of phenolic OH excluding ortho intramolecular Hbond substituents is 2. The van der Waals surface area contributed by atoms with E-state index < -0.39 is 17.4 Å². The van der Waals surface area contributed by atoms with Gasteiger partial charge in [-0.3, -0.25) is 14.4 Å². The minimum absolute atomic E-state index is 0.0965. The number of ether oxygens (including phenoxy) is 3. The van der Waals surface area contributed by atoms with E-state index in [9.17, 15) is 24.6 Å². The van der Waals surface area contributed by atoms with Crippen LogP contribution >= 0.6 is 0 Å². The van der Waals surface area contributed by atoms with Gasteiger partial charge in [-0.05, 0) is 74.8 Å². The van der Waals surface area contributed by atoms with Gasteiger partial charge in [0.05, 0.1) is 5.41 Å². The van der Waals surface area contributed by atoms with E-state index in [0.717, 1.165) is 33.4 Å². The average molecular weight is 669 g/mol. The summed E-state index contributed by atoms with van der Waals surface area (Å²) in [5, 5.41) is 22.0. The number of aryl methyl sites for hydroxylation is 2. The van der Waals surface area contributed by atoms with Crippen molar-refractivity contribution in [3.8, 4) is 11.5 Å². The predicted octanol–water partition coefficient (Wildman–Crippen LogP) is 8.12. The molecule has 0 aliphatic heterocycles. The van der Waals surface area contributed by atoms with Crippen LogP contribution in [0.3, 0.4) is 0 Å². The van der Waals surface area contributed by atoms with E-state index in [4.69, 9.17) is 14.2 Å². The highest BCUT2D eigenvalue weighted by Gasteiger charge is 2.31. The van der Waals surface area contributed by atoms with Gasteiger partial charge in [0.15, 0.2) is 0 Å². The van der Waals surface area contributed by atoms with E-state index in [1.165, 1.54) is 0 Å². The molecule has 8 heteroatoms. The molecule has 0 fully saturated rings. The Morgan fingerprint density at radius 1 is 0.562 bits per heavy atom. The summed E-state index contributed by atoms with van der Waals surface area (Å²) in [6.45, 7) is 26.2. The Hall–Kier alpha value is -3.55. The third kappa shape index (κ3) is 11.6. The molecule has 0 spiro atoms. The van der Waals surface area contributed by atoms with Crippen LogP contribution in [0.1, 0.15) is 136 Å². The SMILES string of the molecule is CC(COC=O)(COC(=O)CCc1cc(C(C)(C)C)c(O)c(C(C)(C)C)c1)COC(=O)CCc1cc(C(C)(C)C)c(O)c(C(C)(C)C)c1. The minimum atomic E-state index is -0.944. The summed E-state index contributed by atoms with van der Waals surface area (Å²) in [7, 11) is 0. The van der Waals surface area contributed by atoms with E-state index in [-0.39, 0.29) is 65.8 Å². The highest BCUT2D eigenvalue weighted by Crippen LogP contribution is 2.41. The summed E-state index contributed by atoms with van der Waals surface area (Å²) in [5.41, 5.74) is 3.09. The van der Waals surface area contributed by atoms with Crippen molar-refractivity contribution in [1.82, 2.24) is 0 Å². The molecule has 268 valence electrons. The number of carbonyl (C=O) groups is 3. The fraction of sp³-hybridized carbons (Fsp3) is 0.625. The highest BCUT2D eigenvalue weighted by molar-refractivity contribution is 5.70. The van der Waals surface area contributed by atoms with Gasteiger partial charge in [0, 0.05) is 12.8 Å². The standard InChI is InChI=1S/C40H60O8/c1-36(2,3)28-18-26(19-29(34(28)44)37(4,5)6)14-16-32(42)47-23-40(13,22-46-25-41)24-48-33(43)17-15-27-20-30(38(7,8)9)35(45)31(21-27)39(10,11)12/h18-21,25,44-45H,14-17,22-24H2,1-13H3. The second kappa shape index (κ2) is 15.3. The summed E-state index contributed by atoms with van der Waals surface area (Å²) < 4.78 is 16.2. The van der Waals surface area contributed by atoms with Gasteiger partial charge in [-0.1, -0.05) is 107 Å². The van der Waals surface area contributed by atoms with Crippen molar-refractivity contribution in [3.63, 3.8) is 0 Å². The molecule has 0 atom stereocenters. The molecule has 0 saturated carbocycles. The third-order valence-corrected chi connectivity index (χ3v) is 8.47. The molecule has 2 aromatic carbocycles. The Kier molecular flexibility index (Phi) is 13.0. The zero-order chi connectivity index (χ0) is 36.9. The Balaban J connectivity index is 2.08. The normalized spacial score (nSPS) is 12.9. The maximum Gasteiger partial charge on any atom is 0.306 e. The highest BCUT2D eigenvalue weighted by atomic mass is 16.6. The number of carbonyl (C=O) groups excluding carboxylic acids is 3. The summed E-state index contributed by atoms with van der Waals surface area (Å²) in [5.74, 6) is -0.292. The Bertz CT molecular complexity index is 1270. The van der Waals surface area contributed by atoms with Crippen LogP contribution < -0.4 is 0 Å². The van der Waals surface area contributed by atoms with Gasteiger partial charge in [-0.2, -0.15) is 0 Å². The van der Waals surface area contributed by atoms with Crippen molar-refractivity contribution in [2.75, 3.05) is 19.8 Å². The maximum atomic E-state index is 12.9.